The van der Waals surface area contributed by atoms with E-state index in [9.17, 15) is 0 Å². The van der Waals surface area contributed by atoms with E-state index in [-0.39, 0.29) is 0 Å². The van der Waals surface area contributed by atoms with Gasteiger partial charge in [0, 0.05) is 18.9 Å². The third kappa shape index (κ3) is 2.43. The average molecular weight is 239 g/mol. The summed E-state index contributed by atoms with van der Waals surface area (Å²) >= 11 is 0. The zero-order valence-corrected chi connectivity index (χ0v) is 10.3. The van der Waals surface area contributed by atoms with Crippen LogP contribution in [0.15, 0.2) is 24.5 Å². The molecule has 0 spiro atoms. The first-order chi connectivity index (χ1) is 8.72. The van der Waals surface area contributed by atoms with Crippen molar-refractivity contribution >= 4 is 5.82 Å². The fourth-order valence-electron chi connectivity index (χ4n) is 1.56. The van der Waals surface area contributed by atoms with Crippen LogP contribution < -0.4 is 5.32 Å². The minimum Gasteiger partial charge on any atom is -0.363 e. The standard InChI is InChI=1S/C13H13N5/c1-9-10(2)17-18-13(12(9)6-14)16-8-11-4-3-5-15-7-11/h3-5,7H,8H2,1-2H3,(H,16,18). The van der Waals surface area contributed by atoms with Gasteiger partial charge >= 0.3 is 0 Å². The number of nitrogens with zero attached hydrogens (tertiary/aromatic N) is 4. The minimum atomic E-state index is 0.518. The summed E-state index contributed by atoms with van der Waals surface area (Å²) < 4.78 is 0. The van der Waals surface area contributed by atoms with Gasteiger partial charge in [-0.1, -0.05) is 6.07 Å². The van der Waals surface area contributed by atoms with E-state index in [0.717, 1.165) is 16.8 Å². The van der Waals surface area contributed by atoms with Gasteiger partial charge in [0.15, 0.2) is 5.82 Å². The van der Waals surface area contributed by atoms with Crippen LogP contribution in [0.3, 0.4) is 0 Å². The van der Waals surface area contributed by atoms with Gasteiger partial charge in [-0.2, -0.15) is 10.4 Å². The highest BCUT2D eigenvalue weighted by Gasteiger charge is 2.10. The highest BCUT2D eigenvalue weighted by Crippen LogP contribution is 2.17. The Balaban J connectivity index is 2.21. The number of aromatic nitrogens is 3. The van der Waals surface area contributed by atoms with E-state index >= 15 is 0 Å². The van der Waals surface area contributed by atoms with E-state index in [0.29, 0.717) is 17.9 Å². The molecule has 0 aliphatic carbocycles. The second kappa shape index (κ2) is 5.23. The van der Waals surface area contributed by atoms with Crippen molar-refractivity contribution in [3.63, 3.8) is 0 Å². The zero-order valence-electron chi connectivity index (χ0n) is 10.3. The second-order valence-corrected chi connectivity index (χ2v) is 3.96. The van der Waals surface area contributed by atoms with Gasteiger partial charge in [0.2, 0.25) is 0 Å². The van der Waals surface area contributed by atoms with Gasteiger partial charge in [-0.05, 0) is 31.0 Å². The van der Waals surface area contributed by atoms with Crippen LogP contribution in [0.5, 0.6) is 0 Å². The molecule has 2 aromatic heterocycles. The maximum absolute atomic E-state index is 9.15. The van der Waals surface area contributed by atoms with Crippen LogP contribution in [0.25, 0.3) is 0 Å². The van der Waals surface area contributed by atoms with Crippen LogP contribution in [-0.4, -0.2) is 15.2 Å². The molecule has 0 saturated heterocycles. The molecule has 0 aliphatic rings. The fourth-order valence-corrected chi connectivity index (χ4v) is 1.56. The van der Waals surface area contributed by atoms with E-state index < -0.39 is 0 Å². The van der Waals surface area contributed by atoms with Gasteiger partial charge in [-0.25, -0.2) is 0 Å². The van der Waals surface area contributed by atoms with Crippen LogP contribution in [0, 0.1) is 25.2 Å². The first-order valence-electron chi connectivity index (χ1n) is 5.59. The summed E-state index contributed by atoms with van der Waals surface area (Å²) in [6.07, 6.45) is 3.49. The molecule has 0 radical (unpaired) electrons. The highest BCUT2D eigenvalue weighted by atomic mass is 15.2. The molecule has 90 valence electrons. The quantitative estimate of drug-likeness (QED) is 0.886. The number of anilines is 1. The molecule has 1 N–H and O–H groups in total. The SMILES string of the molecule is Cc1nnc(NCc2cccnc2)c(C#N)c1C. The lowest BCUT2D eigenvalue weighted by molar-refractivity contribution is 0.939. The number of hydrogen-bond acceptors (Lipinski definition) is 5. The van der Waals surface area contributed by atoms with E-state index in [1.54, 1.807) is 12.4 Å². The molecule has 2 rings (SSSR count). The Morgan fingerprint density at radius 3 is 2.83 bits per heavy atom. The molecule has 0 atom stereocenters. The summed E-state index contributed by atoms with van der Waals surface area (Å²) in [5.41, 5.74) is 3.22. The fraction of sp³-hybridized carbons (Fsp3) is 0.231. The molecule has 0 bridgehead atoms. The lowest BCUT2D eigenvalue weighted by Gasteiger charge is -2.09. The Bertz CT molecular complexity index is 586. The van der Waals surface area contributed by atoms with Crippen LogP contribution in [0.4, 0.5) is 5.82 Å². The lowest BCUT2D eigenvalue weighted by atomic mass is 10.1. The van der Waals surface area contributed by atoms with Crippen molar-refractivity contribution in [3.8, 4) is 6.07 Å². The lowest BCUT2D eigenvalue weighted by Crippen LogP contribution is -2.07. The zero-order chi connectivity index (χ0) is 13.0. The third-order valence-electron chi connectivity index (χ3n) is 2.75. The second-order valence-electron chi connectivity index (χ2n) is 3.96. The maximum atomic E-state index is 9.15. The molecule has 0 aliphatic heterocycles. The molecular formula is C13H13N5. The molecule has 0 amide bonds. The normalized spacial score (nSPS) is 9.83. The largest absolute Gasteiger partial charge is 0.363 e. The van der Waals surface area contributed by atoms with Crippen LogP contribution in [0.2, 0.25) is 0 Å². The number of nitrogens with one attached hydrogen (secondary N) is 1. The summed E-state index contributed by atoms with van der Waals surface area (Å²) in [5, 5.41) is 20.3. The molecule has 2 aromatic rings. The Hall–Kier alpha value is -2.48. The number of hydrogen-bond donors (Lipinski definition) is 1. The van der Waals surface area contributed by atoms with Crippen molar-refractivity contribution in [2.45, 2.75) is 20.4 Å². The summed E-state index contributed by atoms with van der Waals surface area (Å²) in [7, 11) is 0. The number of nitriles is 1. The van der Waals surface area contributed by atoms with Crippen LogP contribution >= 0.6 is 0 Å². The van der Waals surface area contributed by atoms with Crippen molar-refractivity contribution in [2.75, 3.05) is 5.32 Å². The molecule has 2 heterocycles. The third-order valence-corrected chi connectivity index (χ3v) is 2.75. The molecule has 18 heavy (non-hydrogen) atoms. The summed E-state index contributed by atoms with van der Waals surface area (Å²) in [5.74, 6) is 0.518. The van der Waals surface area contributed by atoms with Crippen molar-refractivity contribution in [2.24, 2.45) is 0 Å². The smallest absolute Gasteiger partial charge is 0.167 e. The first-order valence-corrected chi connectivity index (χ1v) is 5.59. The van der Waals surface area contributed by atoms with Crippen LogP contribution in [-0.2, 0) is 6.54 Å². The van der Waals surface area contributed by atoms with Gasteiger partial charge in [0.1, 0.15) is 11.6 Å². The molecule has 0 aromatic carbocycles. The maximum Gasteiger partial charge on any atom is 0.167 e. The molecule has 0 unspecified atom stereocenters. The van der Waals surface area contributed by atoms with Crippen molar-refractivity contribution in [1.29, 1.82) is 5.26 Å². The van der Waals surface area contributed by atoms with Crippen LogP contribution in [0.1, 0.15) is 22.4 Å². The summed E-state index contributed by atoms with van der Waals surface area (Å²) in [6.45, 7) is 4.28. The Morgan fingerprint density at radius 1 is 1.33 bits per heavy atom. The van der Waals surface area contributed by atoms with Gasteiger partial charge in [-0.3, -0.25) is 4.98 Å². The Labute approximate surface area is 106 Å². The molecule has 5 heteroatoms. The predicted octanol–water partition coefficient (Wildman–Crippen LogP) is 1.97. The average Bonchev–Trinajstić information content (AvgIpc) is 2.41. The van der Waals surface area contributed by atoms with Gasteiger partial charge in [0.05, 0.1) is 5.69 Å². The number of pyridine rings is 1. The summed E-state index contributed by atoms with van der Waals surface area (Å²) in [6, 6.07) is 5.99. The van der Waals surface area contributed by atoms with E-state index in [4.69, 9.17) is 5.26 Å². The highest BCUT2D eigenvalue weighted by molar-refractivity contribution is 5.55. The van der Waals surface area contributed by atoms with Gasteiger partial charge in [0.25, 0.3) is 0 Å². The van der Waals surface area contributed by atoms with Crippen molar-refractivity contribution in [3.05, 3.63) is 46.9 Å². The molecular weight excluding hydrogens is 226 g/mol. The van der Waals surface area contributed by atoms with E-state index in [1.165, 1.54) is 0 Å². The first kappa shape index (κ1) is 12.0. The molecule has 0 fully saturated rings. The topological polar surface area (TPSA) is 74.5 Å². The minimum absolute atomic E-state index is 0.518. The van der Waals surface area contributed by atoms with Crippen molar-refractivity contribution < 1.29 is 0 Å². The monoisotopic (exact) mass is 239 g/mol. The van der Waals surface area contributed by atoms with E-state index in [1.807, 2.05) is 26.0 Å². The summed E-state index contributed by atoms with van der Waals surface area (Å²) in [4.78, 5) is 4.03. The molecule has 5 nitrogen and oxygen atoms in total. The van der Waals surface area contributed by atoms with Crippen molar-refractivity contribution in [1.82, 2.24) is 15.2 Å². The Kier molecular flexibility index (Phi) is 3.49. The number of aryl methyl sites for hydroxylation is 1. The molecule has 0 saturated carbocycles. The number of rotatable bonds is 3. The Morgan fingerprint density at radius 2 is 2.17 bits per heavy atom. The van der Waals surface area contributed by atoms with Gasteiger partial charge in [-0.15, -0.1) is 5.10 Å². The predicted molar refractivity (Wildman–Crippen MR) is 67.8 cm³/mol. The van der Waals surface area contributed by atoms with Gasteiger partial charge < -0.3 is 5.32 Å². The van der Waals surface area contributed by atoms with E-state index in [2.05, 4.69) is 26.6 Å².